The molecule has 1 saturated heterocycles. The zero-order valence-electron chi connectivity index (χ0n) is 10.4. The third-order valence-electron chi connectivity index (χ3n) is 3.34. The van der Waals surface area contributed by atoms with Gasteiger partial charge in [-0.3, -0.25) is 0 Å². The van der Waals surface area contributed by atoms with E-state index in [0.29, 0.717) is 30.4 Å². The first-order valence-corrected chi connectivity index (χ1v) is 6.62. The summed E-state index contributed by atoms with van der Waals surface area (Å²) in [4.78, 5) is 14.1. The first-order valence-electron chi connectivity index (χ1n) is 6.24. The Bertz CT molecular complexity index is 535. The first kappa shape index (κ1) is 12.5. The molecule has 0 bridgehead atoms. The van der Waals surface area contributed by atoms with Crippen LogP contribution in [0.25, 0.3) is 5.57 Å². The summed E-state index contributed by atoms with van der Waals surface area (Å²) in [6.07, 6.45) is 0. The van der Waals surface area contributed by atoms with E-state index < -0.39 is 0 Å². The van der Waals surface area contributed by atoms with E-state index in [2.05, 4.69) is 4.90 Å². The minimum Gasteiger partial charge on any atom is -0.456 e. The van der Waals surface area contributed by atoms with Gasteiger partial charge in [-0.25, -0.2) is 4.79 Å². The second-order valence-corrected chi connectivity index (χ2v) is 4.94. The normalized spacial score (nSPS) is 19.8. The molecule has 0 aliphatic carbocycles. The fraction of sp³-hybridized carbons (Fsp3) is 0.357. The quantitative estimate of drug-likeness (QED) is 0.776. The summed E-state index contributed by atoms with van der Waals surface area (Å²) in [6, 6.07) is 7.31. The maximum Gasteiger partial charge on any atom is 0.341 e. The Balaban J connectivity index is 2.00. The first-order chi connectivity index (χ1) is 9.25. The van der Waals surface area contributed by atoms with E-state index >= 15 is 0 Å². The van der Waals surface area contributed by atoms with Crippen LogP contribution >= 0.6 is 11.6 Å². The van der Waals surface area contributed by atoms with Crippen molar-refractivity contribution < 1.29 is 14.3 Å². The molecule has 19 heavy (non-hydrogen) atoms. The van der Waals surface area contributed by atoms with Crippen LogP contribution in [0.5, 0.6) is 0 Å². The maximum atomic E-state index is 12.0. The van der Waals surface area contributed by atoms with E-state index in [9.17, 15) is 4.79 Å². The van der Waals surface area contributed by atoms with Crippen LogP contribution in [0.1, 0.15) is 5.56 Å². The van der Waals surface area contributed by atoms with Crippen molar-refractivity contribution in [2.75, 3.05) is 32.9 Å². The van der Waals surface area contributed by atoms with Gasteiger partial charge in [-0.1, -0.05) is 23.7 Å². The number of carbonyl (C=O) groups is 1. The summed E-state index contributed by atoms with van der Waals surface area (Å²) < 4.78 is 10.5. The molecule has 4 nitrogen and oxygen atoms in total. The minimum absolute atomic E-state index is 0.274. The highest BCUT2D eigenvalue weighted by molar-refractivity contribution is 6.31. The summed E-state index contributed by atoms with van der Waals surface area (Å²) in [5.74, 6) is -0.274. The lowest BCUT2D eigenvalue weighted by atomic mass is 10.0. The smallest absolute Gasteiger partial charge is 0.341 e. The molecule has 0 atom stereocenters. The second kappa shape index (κ2) is 5.23. The van der Waals surface area contributed by atoms with Gasteiger partial charge in [-0.05, 0) is 17.7 Å². The lowest BCUT2D eigenvalue weighted by Crippen LogP contribution is -2.36. The number of hydrogen-bond donors (Lipinski definition) is 0. The number of nitrogens with zero attached hydrogens (tertiary/aromatic N) is 1. The number of morpholine rings is 1. The Kier molecular flexibility index (Phi) is 3.44. The van der Waals surface area contributed by atoms with Crippen molar-refractivity contribution in [3.8, 4) is 0 Å². The molecule has 5 heteroatoms. The Morgan fingerprint density at radius 1 is 1.21 bits per heavy atom. The van der Waals surface area contributed by atoms with Crippen LogP contribution in [-0.2, 0) is 14.3 Å². The molecule has 0 spiro atoms. The summed E-state index contributed by atoms with van der Waals surface area (Å²) >= 11 is 6.00. The lowest BCUT2D eigenvalue weighted by molar-refractivity contribution is -0.134. The van der Waals surface area contributed by atoms with Crippen LogP contribution in [0.15, 0.2) is 30.0 Å². The Morgan fingerprint density at radius 2 is 2.00 bits per heavy atom. The highest BCUT2D eigenvalue weighted by Crippen LogP contribution is 2.30. The van der Waals surface area contributed by atoms with Gasteiger partial charge in [0.1, 0.15) is 6.61 Å². The summed E-state index contributed by atoms with van der Waals surface area (Å²) in [5.41, 5.74) is 2.39. The largest absolute Gasteiger partial charge is 0.456 e. The monoisotopic (exact) mass is 279 g/mol. The van der Waals surface area contributed by atoms with Crippen molar-refractivity contribution in [3.63, 3.8) is 0 Å². The van der Waals surface area contributed by atoms with Crippen molar-refractivity contribution in [1.29, 1.82) is 0 Å². The SMILES string of the molecule is O=C1OCC(N2CCOCC2)=C1c1cccc(Cl)c1. The molecule has 0 saturated carbocycles. The van der Waals surface area contributed by atoms with Crippen molar-refractivity contribution in [1.82, 2.24) is 4.90 Å². The molecule has 2 aliphatic heterocycles. The summed E-state index contributed by atoms with van der Waals surface area (Å²) in [7, 11) is 0. The maximum absolute atomic E-state index is 12.0. The average Bonchev–Trinajstić information content (AvgIpc) is 2.82. The molecule has 0 radical (unpaired) electrons. The molecular formula is C14H14ClNO3. The molecule has 0 N–H and O–H groups in total. The predicted molar refractivity (Wildman–Crippen MR) is 71.7 cm³/mol. The molecule has 0 amide bonds. The van der Waals surface area contributed by atoms with Gasteiger partial charge in [0.25, 0.3) is 0 Å². The van der Waals surface area contributed by atoms with Crippen molar-refractivity contribution in [3.05, 3.63) is 40.5 Å². The number of hydrogen-bond acceptors (Lipinski definition) is 4. The van der Waals surface area contributed by atoms with Crippen LogP contribution in [0.3, 0.4) is 0 Å². The minimum atomic E-state index is -0.274. The zero-order valence-corrected chi connectivity index (χ0v) is 11.2. The highest BCUT2D eigenvalue weighted by atomic mass is 35.5. The topological polar surface area (TPSA) is 38.8 Å². The molecule has 0 aromatic heterocycles. The van der Waals surface area contributed by atoms with Crippen LogP contribution in [0, 0.1) is 0 Å². The van der Waals surface area contributed by atoms with E-state index in [4.69, 9.17) is 21.1 Å². The zero-order chi connectivity index (χ0) is 13.2. The number of carbonyl (C=O) groups excluding carboxylic acids is 1. The second-order valence-electron chi connectivity index (χ2n) is 4.51. The fourth-order valence-corrected chi connectivity index (χ4v) is 2.60. The van der Waals surface area contributed by atoms with Crippen LogP contribution in [0.2, 0.25) is 5.02 Å². The lowest BCUT2D eigenvalue weighted by Gasteiger charge is -2.29. The van der Waals surface area contributed by atoms with E-state index in [1.165, 1.54) is 0 Å². The molecule has 1 fully saturated rings. The van der Waals surface area contributed by atoms with Gasteiger partial charge in [-0.2, -0.15) is 0 Å². The fourth-order valence-electron chi connectivity index (χ4n) is 2.41. The van der Waals surface area contributed by atoms with E-state index in [-0.39, 0.29) is 5.97 Å². The van der Waals surface area contributed by atoms with E-state index in [0.717, 1.165) is 24.4 Å². The van der Waals surface area contributed by atoms with Gasteiger partial charge in [0, 0.05) is 18.1 Å². The number of cyclic esters (lactones) is 1. The number of benzene rings is 1. The summed E-state index contributed by atoms with van der Waals surface area (Å²) in [6.45, 7) is 3.27. The molecule has 100 valence electrons. The molecule has 1 aromatic carbocycles. The van der Waals surface area contributed by atoms with Crippen molar-refractivity contribution >= 4 is 23.1 Å². The van der Waals surface area contributed by atoms with E-state index in [1.54, 1.807) is 12.1 Å². The molecule has 3 rings (SSSR count). The van der Waals surface area contributed by atoms with Crippen LogP contribution < -0.4 is 0 Å². The molecule has 2 aliphatic rings. The third kappa shape index (κ3) is 2.46. The van der Waals surface area contributed by atoms with E-state index in [1.807, 2.05) is 12.1 Å². The molecular weight excluding hydrogens is 266 g/mol. The predicted octanol–water partition coefficient (Wildman–Crippen LogP) is 1.94. The number of ether oxygens (including phenoxy) is 2. The van der Waals surface area contributed by atoms with Crippen molar-refractivity contribution in [2.45, 2.75) is 0 Å². The van der Waals surface area contributed by atoms with Gasteiger partial charge in [-0.15, -0.1) is 0 Å². The van der Waals surface area contributed by atoms with Gasteiger partial charge in [0.15, 0.2) is 0 Å². The molecule has 2 heterocycles. The van der Waals surface area contributed by atoms with Gasteiger partial charge in [0.05, 0.1) is 24.5 Å². The Labute approximate surface area is 116 Å². The molecule has 1 aromatic rings. The van der Waals surface area contributed by atoms with Crippen LogP contribution in [0.4, 0.5) is 0 Å². The number of halogens is 1. The molecule has 0 unspecified atom stereocenters. The summed E-state index contributed by atoms with van der Waals surface area (Å²) in [5, 5.41) is 0.617. The highest BCUT2D eigenvalue weighted by Gasteiger charge is 2.30. The standard InChI is InChI=1S/C14H14ClNO3/c15-11-3-1-2-10(8-11)13-12(9-19-14(13)17)16-4-6-18-7-5-16/h1-3,8H,4-7,9H2. The van der Waals surface area contributed by atoms with Gasteiger partial charge in [0.2, 0.25) is 0 Å². The van der Waals surface area contributed by atoms with Gasteiger partial charge >= 0.3 is 5.97 Å². The Hall–Kier alpha value is -1.52. The number of rotatable bonds is 2. The number of esters is 1. The third-order valence-corrected chi connectivity index (χ3v) is 3.57. The average molecular weight is 280 g/mol. The van der Waals surface area contributed by atoms with Crippen LogP contribution in [-0.4, -0.2) is 43.8 Å². The Morgan fingerprint density at radius 3 is 2.74 bits per heavy atom. The van der Waals surface area contributed by atoms with Gasteiger partial charge < -0.3 is 14.4 Å². The van der Waals surface area contributed by atoms with Crippen molar-refractivity contribution in [2.24, 2.45) is 0 Å².